The Bertz CT molecular complexity index is 1120. The number of nitrogens with two attached hydrogens (primary N) is 1. The number of nitrogens with one attached hydrogen (secondary N) is 1. The van der Waals surface area contributed by atoms with Crippen molar-refractivity contribution < 1.29 is 19.6 Å². The number of phenols is 1. The number of aromatic nitrogens is 2. The van der Waals surface area contributed by atoms with Crippen molar-refractivity contribution in [1.29, 1.82) is 0 Å². The zero-order chi connectivity index (χ0) is 21.3. The molecule has 0 saturated carbocycles. The van der Waals surface area contributed by atoms with Gasteiger partial charge in [-0.3, -0.25) is 15.4 Å². The van der Waals surface area contributed by atoms with Crippen molar-refractivity contribution in [1.82, 2.24) is 9.97 Å². The second kappa shape index (κ2) is 7.23. The van der Waals surface area contributed by atoms with Crippen molar-refractivity contribution in [2.75, 3.05) is 11.1 Å². The number of hydrogen-bond acceptors (Lipinski definition) is 8. The Morgan fingerprint density at radius 3 is 2.62 bits per heavy atom. The van der Waals surface area contributed by atoms with Crippen LogP contribution in [0.15, 0.2) is 36.5 Å². The van der Waals surface area contributed by atoms with E-state index < -0.39 is 16.6 Å². The van der Waals surface area contributed by atoms with Crippen LogP contribution in [0.3, 0.4) is 0 Å². The predicted molar refractivity (Wildman–Crippen MR) is 108 cm³/mol. The highest BCUT2D eigenvalue weighted by Gasteiger charge is 2.22. The van der Waals surface area contributed by atoms with Gasteiger partial charge in [0.25, 0.3) is 0 Å². The number of nitro groups is 1. The second-order valence-electron chi connectivity index (χ2n) is 7.20. The van der Waals surface area contributed by atoms with E-state index in [-0.39, 0.29) is 34.0 Å². The van der Waals surface area contributed by atoms with E-state index in [0.717, 1.165) is 0 Å². The first-order chi connectivity index (χ1) is 13.6. The summed E-state index contributed by atoms with van der Waals surface area (Å²) in [5, 5.41) is 24.7. The molecule has 4 N–H and O–H groups in total. The van der Waals surface area contributed by atoms with Crippen LogP contribution in [-0.4, -0.2) is 31.7 Å². The van der Waals surface area contributed by atoms with Crippen molar-refractivity contribution >= 4 is 34.2 Å². The molecule has 0 radical (unpaired) electrons. The number of carbonyl (C=O) groups excluding carboxylic acids is 1. The quantitative estimate of drug-likeness (QED) is 0.342. The van der Waals surface area contributed by atoms with E-state index in [4.69, 9.17) is 10.5 Å². The number of rotatable bonds is 3. The van der Waals surface area contributed by atoms with Crippen LogP contribution in [0.2, 0.25) is 0 Å². The molecule has 0 bridgehead atoms. The first-order valence-corrected chi connectivity index (χ1v) is 8.59. The van der Waals surface area contributed by atoms with Crippen LogP contribution in [0.1, 0.15) is 20.8 Å². The Morgan fingerprint density at radius 1 is 1.24 bits per heavy atom. The number of carbonyl (C=O) groups is 1. The molecular weight excluding hydrogens is 378 g/mol. The van der Waals surface area contributed by atoms with E-state index in [1.54, 1.807) is 26.8 Å². The summed E-state index contributed by atoms with van der Waals surface area (Å²) in [6.07, 6.45) is 0.676. The van der Waals surface area contributed by atoms with Gasteiger partial charge in [0.15, 0.2) is 0 Å². The van der Waals surface area contributed by atoms with Gasteiger partial charge in [0.05, 0.1) is 21.9 Å². The molecule has 10 heteroatoms. The lowest BCUT2D eigenvalue weighted by Crippen LogP contribution is -2.27. The van der Waals surface area contributed by atoms with Crippen molar-refractivity contribution in [3.63, 3.8) is 0 Å². The Hall–Kier alpha value is -3.95. The third kappa shape index (κ3) is 4.15. The molecule has 29 heavy (non-hydrogen) atoms. The summed E-state index contributed by atoms with van der Waals surface area (Å²) in [7, 11) is 0. The SMILES string of the molecule is CC(C)(C)OC(=O)Nc1ccc(O)c2nc(-c3ccnc(N)c3[N+](=O)[O-])ccc12. The van der Waals surface area contributed by atoms with Crippen LogP contribution in [0.25, 0.3) is 22.2 Å². The molecule has 0 aliphatic carbocycles. The third-order valence-electron chi connectivity index (χ3n) is 3.88. The van der Waals surface area contributed by atoms with E-state index in [2.05, 4.69) is 15.3 Å². The number of benzene rings is 1. The van der Waals surface area contributed by atoms with E-state index in [9.17, 15) is 20.0 Å². The fourth-order valence-electron chi connectivity index (χ4n) is 2.74. The maximum absolute atomic E-state index is 12.1. The maximum atomic E-state index is 12.1. The molecule has 3 rings (SSSR count). The van der Waals surface area contributed by atoms with Crippen molar-refractivity contribution in [3.8, 4) is 17.0 Å². The number of ether oxygens (including phenoxy) is 1. The highest BCUT2D eigenvalue weighted by atomic mass is 16.6. The molecule has 0 aliphatic heterocycles. The van der Waals surface area contributed by atoms with Gasteiger partial charge in [-0.2, -0.15) is 0 Å². The first-order valence-electron chi connectivity index (χ1n) is 8.59. The van der Waals surface area contributed by atoms with Gasteiger partial charge in [-0.05, 0) is 51.1 Å². The molecule has 0 fully saturated rings. The topological polar surface area (TPSA) is 154 Å². The Labute approximate surface area is 165 Å². The van der Waals surface area contributed by atoms with Gasteiger partial charge in [-0.1, -0.05) is 0 Å². The second-order valence-corrected chi connectivity index (χ2v) is 7.20. The number of hydrogen-bond donors (Lipinski definition) is 3. The van der Waals surface area contributed by atoms with E-state index in [0.29, 0.717) is 11.1 Å². The van der Waals surface area contributed by atoms with Crippen LogP contribution < -0.4 is 11.1 Å². The van der Waals surface area contributed by atoms with Crippen molar-refractivity contribution in [2.45, 2.75) is 26.4 Å². The molecule has 0 saturated heterocycles. The normalized spacial score (nSPS) is 11.3. The molecule has 150 valence electrons. The molecule has 2 heterocycles. The van der Waals surface area contributed by atoms with Gasteiger partial charge in [-0.25, -0.2) is 14.8 Å². The summed E-state index contributed by atoms with van der Waals surface area (Å²) in [6, 6.07) is 7.41. The molecule has 0 spiro atoms. The number of aromatic hydroxyl groups is 1. The average molecular weight is 397 g/mol. The molecule has 0 aliphatic rings. The molecule has 3 aromatic rings. The summed E-state index contributed by atoms with van der Waals surface area (Å²) in [4.78, 5) is 30.9. The van der Waals surface area contributed by atoms with Gasteiger partial charge < -0.3 is 15.6 Å². The Morgan fingerprint density at radius 2 is 1.97 bits per heavy atom. The highest BCUT2D eigenvalue weighted by molar-refractivity contribution is 6.02. The van der Waals surface area contributed by atoms with Crippen molar-refractivity contribution in [2.24, 2.45) is 0 Å². The summed E-state index contributed by atoms with van der Waals surface area (Å²) in [5.41, 5.74) is 5.50. The smallest absolute Gasteiger partial charge is 0.412 e. The zero-order valence-corrected chi connectivity index (χ0v) is 16.0. The maximum Gasteiger partial charge on any atom is 0.412 e. The minimum absolute atomic E-state index is 0.152. The molecule has 0 atom stereocenters. The lowest BCUT2D eigenvalue weighted by molar-refractivity contribution is -0.383. The van der Waals surface area contributed by atoms with E-state index >= 15 is 0 Å². The average Bonchev–Trinajstić information content (AvgIpc) is 2.62. The van der Waals surface area contributed by atoms with Crippen LogP contribution in [0.5, 0.6) is 5.75 Å². The number of nitrogen functional groups attached to an aromatic ring is 1. The van der Waals surface area contributed by atoms with Gasteiger partial charge in [0.2, 0.25) is 5.82 Å². The fraction of sp³-hybridized carbons (Fsp3) is 0.211. The van der Waals surface area contributed by atoms with E-state index in [1.165, 1.54) is 30.5 Å². The molecule has 10 nitrogen and oxygen atoms in total. The monoisotopic (exact) mass is 397 g/mol. The molecule has 2 aromatic heterocycles. The Kier molecular flexibility index (Phi) is 4.93. The van der Waals surface area contributed by atoms with Gasteiger partial charge >= 0.3 is 11.8 Å². The van der Waals surface area contributed by atoms with Crippen molar-refractivity contribution in [3.05, 3.63) is 46.6 Å². The highest BCUT2D eigenvalue weighted by Crippen LogP contribution is 2.36. The molecule has 0 unspecified atom stereocenters. The lowest BCUT2D eigenvalue weighted by Gasteiger charge is -2.20. The van der Waals surface area contributed by atoms with E-state index in [1.807, 2.05) is 0 Å². The van der Waals surface area contributed by atoms with Crippen LogP contribution >= 0.6 is 0 Å². The fourth-order valence-corrected chi connectivity index (χ4v) is 2.74. The largest absolute Gasteiger partial charge is 0.506 e. The van der Waals surface area contributed by atoms with Gasteiger partial charge in [-0.15, -0.1) is 0 Å². The van der Waals surface area contributed by atoms with Gasteiger partial charge in [0, 0.05) is 11.6 Å². The van der Waals surface area contributed by atoms with Crippen LogP contribution in [0, 0.1) is 10.1 Å². The summed E-state index contributed by atoms with van der Waals surface area (Å²) >= 11 is 0. The summed E-state index contributed by atoms with van der Waals surface area (Å²) < 4.78 is 5.24. The lowest BCUT2D eigenvalue weighted by atomic mass is 10.1. The number of nitrogens with zero attached hydrogens (tertiary/aromatic N) is 3. The predicted octanol–water partition coefficient (Wildman–Crippen LogP) is 3.84. The number of pyridine rings is 2. The number of phenolic OH excluding ortho intramolecular Hbond substituents is 1. The minimum atomic E-state index is -0.678. The Balaban J connectivity index is 2.09. The summed E-state index contributed by atoms with van der Waals surface area (Å²) in [5.74, 6) is -0.389. The zero-order valence-electron chi connectivity index (χ0n) is 16.0. The molecular formula is C19H19N5O5. The van der Waals surface area contributed by atoms with Crippen LogP contribution in [-0.2, 0) is 4.74 Å². The van der Waals surface area contributed by atoms with Gasteiger partial charge in [0.1, 0.15) is 16.9 Å². The summed E-state index contributed by atoms with van der Waals surface area (Å²) in [6.45, 7) is 5.22. The number of fused-ring (bicyclic) bond motifs is 1. The number of amides is 1. The first kappa shape index (κ1) is 19.8. The standard InChI is InChI=1S/C19H19N5O5/c1-19(2,3)29-18(26)23-12-6-7-14(25)15-10(12)4-5-13(22-15)11-8-9-21-17(20)16(11)24(27)28/h4-9,25H,1-3H3,(H2,20,21)(H,23,26). The molecule has 1 aromatic carbocycles. The molecule has 1 amide bonds. The number of anilines is 2. The third-order valence-corrected chi connectivity index (χ3v) is 3.88. The van der Waals surface area contributed by atoms with Crippen LogP contribution in [0.4, 0.5) is 22.0 Å². The minimum Gasteiger partial charge on any atom is -0.506 e.